The fourth-order valence-corrected chi connectivity index (χ4v) is 4.98. The molecule has 142 valence electrons. The van der Waals surface area contributed by atoms with Gasteiger partial charge in [-0.05, 0) is 29.8 Å². The summed E-state index contributed by atoms with van der Waals surface area (Å²) in [5.41, 5.74) is 0.782. The van der Waals surface area contributed by atoms with Gasteiger partial charge in [0.25, 0.3) is 10.0 Å². The van der Waals surface area contributed by atoms with Gasteiger partial charge in [0.05, 0.1) is 6.54 Å². The lowest BCUT2D eigenvalue weighted by Crippen LogP contribution is -2.36. The molecule has 0 spiro atoms. The topological polar surface area (TPSA) is 69.7 Å². The molecule has 0 aliphatic heterocycles. The maximum absolute atomic E-state index is 12.2. The Kier molecular flexibility index (Phi) is 6.92. The van der Waals surface area contributed by atoms with Gasteiger partial charge in [-0.3, -0.25) is 0 Å². The summed E-state index contributed by atoms with van der Waals surface area (Å²) in [5, 5.41) is 3.79. The summed E-state index contributed by atoms with van der Waals surface area (Å²) < 4.78 is 25.5. The largest absolute Gasteiger partial charge is 0.333 e. The standard InChI is InChI=1S/C16H19Cl2N3O3S2/c1-20(2)26(23,24)15-7-6-13(25-15)9-19-16(22)21(3)10-11-4-5-12(17)8-14(11)18/h4-8H,9-10H2,1-3H3,(H,19,22). The number of benzene rings is 1. The number of nitrogens with one attached hydrogen (secondary N) is 1. The first-order valence-electron chi connectivity index (χ1n) is 7.55. The number of halogens is 2. The van der Waals surface area contributed by atoms with Gasteiger partial charge in [0.1, 0.15) is 4.21 Å². The van der Waals surface area contributed by atoms with E-state index in [2.05, 4.69) is 5.32 Å². The molecule has 0 radical (unpaired) electrons. The van der Waals surface area contributed by atoms with E-state index in [0.29, 0.717) is 16.6 Å². The Morgan fingerprint density at radius 3 is 2.46 bits per heavy atom. The number of rotatable bonds is 6. The molecule has 2 aromatic rings. The maximum atomic E-state index is 12.2. The van der Waals surface area contributed by atoms with Crippen molar-refractivity contribution in [1.82, 2.24) is 14.5 Å². The molecule has 0 atom stereocenters. The quantitative estimate of drug-likeness (QED) is 0.752. The van der Waals surface area contributed by atoms with E-state index in [4.69, 9.17) is 23.2 Å². The predicted molar refractivity (Wildman–Crippen MR) is 105 cm³/mol. The molecule has 0 fully saturated rings. The van der Waals surface area contributed by atoms with Crippen LogP contribution in [0.3, 0.4) is 0 Å². The molecule has 1 aromatic carbocycles. The molecule has 1 heterocycles. The molecule has 1 N–H and O–H groups in total. The van der Waals surface area contributed by atoms with Crippen LogP contribution in [-0.2, 0) is 23.1 Å². The maximum Gasteiger partial charge on any atom is 0.317 e. The summed E-state index contributed by atoms with van der Waals surface area (Å²) in [5.74, 6) is 0. The van der Waals surface area contributed by atoms with Crippen LogP contribution in [0, 0.1) is 0 Å². The third-order valence-corrected chi connectivity index (χ3v) is 7.51. The number of carbonyl (C=O) groups is 1. The lowest BCUT2D eigenvalue weighted by molar-refractivity contribution is 0.206. The van der Waals surface area contributed by atoms with Gasteiger partial charge in [0, 0.05) is 42.6 Å². The van der Waals surface area contributed by atoms with Crippen LogP contribution < -0.4 is 5.32 Å². The molecule has 0 aliphatic carbocycles. The van der Waals surface area contributed by atoms with Crippen LogP contribution in [0.25, 0.3) is 0 Å². The number of carbonyl (C=O) groups excluding carboxylic acids is 1. The summed E-state index contributed by atoms with van der Waals surface area (Å²) in [6.45, 7) is 0.567. The zero-order valence-corrected chi connectivity index (χ0v) is 17.6. The smallest absolute Gasteiger partial charge is 0.317 e. The van der Waals surface area contributed by atoms with E-state index in [1.165, 1.54) is 19.0 Å². The first-order chi connectivity index (χ1) is 12.1. The van der Waals surface area contributed by atoms with Crippen LogP contribution in [0.1, 0.15) is 10.4 Å². The summed E-state index contributed by atoms with van der Waals surface area (Å²) in [6, 6.07) is 8.05. The summed E-state index contributed by atoms with van der Waals surface area (Å²) in [4.78, 5) is 14.5. The number of amides is 2. The minimum absolute atomic E-state index is 0.241. The SMILES string of the molecule is CN(Cc1ccc(Cl)cc1Cl)C(=O)NCc1ccc(S(=O)(=O)N(C)C)s1. The van der Waals surface area contributed by atoms with Gasteiger partial charge >= 0.3 is 6.03 Å². The highest BCUT2D eigenvalue weighted by molar-refractivity contribution is 7.91. The first kappa shape index (κ1) is 21.0. The van der Waals surface area contributed by atoms with Crippen molar-refractivity contribution in [2.24, 2.45) is 0 Å². The number of hydrogen-bond donors (Lipinski definition) is 1. The van der Waals surface area contributed by atoms with Gasteiger partial charge in [0.2, 0.25) is 0 Å². The highest BCUT2D eigenvalue weighted by atomic mass is 35.5. The third kappa shape index (κ3) is 5.11. The molecule has 6 nitrogen and oxygen atoms in total. The van der Waals surface area contributed by atoms with E-state index in [0.717, 1.165) is 26.1 Å². The molecule has 0 saturated carbocycles. The lowest BCUT2D eigenvalue weighted by atomic mass is 10.2. The molecule has 26 heavy (non-hydrogen) atoms. The van der Waals surface area contributed by atoms with Crippen LogP contribution in [-0.4, -0.2) is 44.8 Å². The molecular weight excluding hydrogens is 417 g/mol. The van der Waals surface area contributed by atoms with E-state index in [1.807, 2.05) is 0 Å². The summed E-state index contributed by atoms with van der Waals surface area (Å²) in [7, 11) is 1.15. The molecule has 0 bridgehead atoms. The number of thiophene rings is 1. The third-order valence-electron chi connectivity index (χ3n) is 3.56. The zero-order valence-electron chi connectivity index (χ0n) is 14.5. The minimum atomic E-state index is -3.46. The van der Waals surface area contributed by atoms with Gasteiger partial charge in [-0.2, -0.15) is 0 Å². The monoisotopic (exact) mass is 435 g/mol. The zero-order chi connectivity index (χ0) is 19.5. The molecule has 1 aromatic heterocycles. The second-order valence-corrected chi connectivity index (χ2v) is 10.1. The van der Waals surface area contributed by atoms with Crippen LogP contribution in [0.2, 0.25) is 10.0 Å². The van der Waals surface area contributed by atoms with E-state index in [-0.39, 0.29) is 16.8 Å². The fourth-order valence-electron chi connectivity index (χ4n) is 2.05. The Bertz CT molecular complexity index is 898. The van der Waals surface area contributed by atoms with Crippen molar-refractivity contribution in [2.45, 2.75) is 17.3 Å². The van der Waals surface area contributed by atoms with Crippen molar-refractivity contribution in [1.29, 1.82) is 0 Å². The van der Waals surface area contributed by atoms with E-state index in [1.54, 1.807) is 37.4 Å². The van der Waals surface area contributed by atoms with Gasteiger partial charge in [-0.1, -0.05) is 29.3 Å². The Balaban J connectivity index is 1.95. The number of urea groups is 1. The average molecular weight is 436 g/mol. The van der Waals surface area contributed by atoms with Crippen molar-refractivity contribution in [3.05, 3.63) is 50.8 Å². The average Bonchev–Trinajstić information content (AvgIpc) is 3.04. The van der Waals surface area contributed by atoms with Gasteiger partial charge in [0.15, 0.2) is 0 Å². The summed E-state index contributed by atoms with van der Waals surface area (Å²) in [6.07, 6.45) is 0. The Hall–Kier alpha value is -1.32. The van der Waals surface area contributed by atoms with Crippen molar-refractivity contribution < 1.29 is 13.2 Å². The lowest BCUT2D eigenvalue weighted by Gasteiger charge is -2.18. The van der Waals surface area contributed by atoms with Crippen LogP contribution >= 0.6 is 34.5 Å². The van der Waals surface area contributed by atoms with Crippen molar-refractivity contribution in [3.63, 3.8) is 0 Å². The Labute approximate surface area is 167 Å². The van der Waals surface area contributed by atoms with Crippen molar-refractivity contribution in [3.8, 4) is 0 Å². The second kappa shape index (κ2) is 8.58. The van der Waals surface area contributed by atoms with Crippen molar-refractivity contribution in [2.75, 3.05) is 21.1 Å². The van der Waals surface area contributed by atoms with Gasteiger partial charge in [-0.25, -0.2) is 17.5 Å². The molecule has 0 saturated heterocycles. The Morgan fingerprint density at radius 2 is 1.85 bits per heavy atom. The van der Waals surface area contributed by atoms with Crippen LogP contribution in [0.5, 0.6) is 0 Å². The molecule has 0 unspecified atom stereocenters. The first-order valence-corrected chi connectivity index (χ1v) is 10.6. The molecule has 2 amide bonds. The van der Waals surface area contributed by atoms with Crippen LogP contribution in [0.4, 0.5) is 4.79 Å². The molecule has 0 aliphatic rings. The normalized spacial score (nSPS) is 11.6. The van der Waals surface area contributed by atoms with Gasteiger partial charge < -0.3 is 10.2 Å². The molecular formula is C16H19Cl2N3O3S2. The number of hydrogen-bond acceptors (Lipinski definition) is 4. The second-order valence-electron chi connectivity index (χ2n) is 5.76. The predicted octanol–water partition coefficient (Wildman–Crippen LogP) is 3.65. The van der Waals surface area contributed by atoms with Gasteiger partial charge in [-0.15, -0.1) is 11.3 Å². The molecule has 10 heteroatoms. The van der Waals surface area contributed by atoms with E-state index in [9.17, 15) is 13.2 Å². The number of nitrogens with zero attached hydrogens (tertiary/aromatic N) is 2. The summed E-state index contributed by atoms with van der Waals surface area (Å²) >= 11 is 13.1. The van der Waals surface area contributed by atoms with Crippen molar-refractivity contribution >= 4 is 50.6 Å². The number of sulfonamides is 1. The highest BCUT2D eigenvalue weighted by Crippen LogP contribution is 2.24. The minimum Gasteiger partial charge on any atom is -0.333 e. The van der Waals surface area contributed by atoms with E-state index >= 15 is 0 Å². The Morgan fingerprint density at radius 1 is 1.15 bits per heavy atom. The van der Waals surface area contributed by atoms with E-state index < -0.39 is 10.0 Å². The highest BCUT2D eigenvalue weighted by Gasteiger charge is 2.20. The fraction of sp³-hybridized carbons (Fsp3) is 0.312. The van der Waals surface area contributed by atoms with Crippen LogP contribution in [0.15, 0.2) is 34.5 Å². The molecule has 2 rings (SSSR count).